The molecule has 0 bridgehead atoms. The molecular weight excluding hydrogens is 254 g/mol. The summed E-state index contributed by atoms with van der Waals surface area (Å²) in [6.07, 6.45) is 1.88. The molecule has 0 atom stereocenters. The van der Waals surface area contributed by atoms with Crippen molar-refractivity contribution in [1.82, 2.24) is 15.5 Å². The third-order valence-electron chi connectivity index (χ3n) is 2.82. The van der Waals surface area contributed by atoms with Gasteiger partial charge in [-0.3, -0.25) is 0 Å². The molecule has 0 aliphatic rings. The summed E-state index contributed by atoms with van der Waals surface area (Å²) in [5, 5.41) is 11.4. The molecule has 0 amide bonds. The average Bonchev–Trinajstić information content (AvgIpc) is 2.94. The van der Waals surface area contributed by atoms with Crippen LogP contribution in [-0.4, -0.2) is 29.9 Å². The fourth-order valence-corrected chi connectivity index (χ4v) is 1.83. The summed E-state index contributed by atoms with van der Waals surface area (Å²) in [7, 11) is 0. The molecule has 108 valence electrons. The first kappa shape index (κ1) is 14.5. The summed E-state index contributed by atoms with van der Waals surface area (Å²) < 4.78 is 11.0. The van der Waals surface area contributed by atoms with E-state index in [0.717, 1.165) is 37.2 Å². The summed E-state index contributed by atoms with van der Waals surface area (Å²) in [6, 6.07) is 7.67. The van der Waals surface area contributed by atoms with E-state index in [1.54, 1.807) is 0 Å². The van der Waals surface area contributed by atoms with Crippen molar-refractivity contribution in [1.29, 1.82) is 0 Å². The number of nitrogens with zero attached hydrogens (tertiary/aromatic N) is 2. The van der Waals surface area contributed by atoms with E-state index in [4.69, 9.17) is 9.15 Å². The zero-order valence-electron chi connectivity index (χ0n) is 12.1. The minimum atomic E-state index is 0.554. The highest BCUT2D eigenvalue weighted by Crippen LogP contribution is 2.21. The fraction of sp³-hybridized carbons (Fsp3) is 0.467. The Labute approximate surface area is 119 Å². The zero-order chi connectivity index (χ0) is 14.2. The van der Waals surface area contributed by atoms with Crippen molar-refractivity contribution in [2.45, 2.75) is 26.7 Å². The number of nitrogens with one attached hydrogen (secondary N) is 1. The monoisotopic (exact) mass is 275 g/mol. The maximum atomic E-state index is 5.65. The molecule has 0 fully saturated rings. The second kappa shape index (κ2) is 7.65. The Morgan fingerprint density at radius 3 is 2.60 bits per heavy atom. The van der Waals surface area contributed by atoms with Crippen LogP contribution in [0.2, 0.25) is 0 Å². The van der Waals surface area contributed by atoms with Crippen molar-refractivity contribution < 1.29 is 9.15 Å². The molecule has 0 saturated carbocycles. The van der Waals surface area contributed by atoms with Crippen LogP contribution in [0.5, 0.6) is 5.75 Å². The van der Waals surface area contributed by atoms with Gasteiger partial charge in [-0.2, -0.15) is 0 Å². The van der Waals surface area contributed by atoms with Gasteiger partial charge in [-0.05, 0) is 44.2 Å². The first-order valence-electron chi connectivity index (χ1n) is 7.09. The Balaban J connectivity index is 1.93. The van der Waals surface area contributed by atoms with Gasteiger partial charge in [0.05, 0.1) is 6.61 Å². The first-order chi connectivity index (χ1) is 9.83. The van der Waals surface area contributed by atoms with Crippen molar-refractivity contribution in [2.75, 3.05) is 19.7 Å². The lowest BCUT2D eigenvalue weighted by atomic mass is 10.2. The third-order valence-corrected chi connectivity index (χ3v) is 2.82. The van der Waals surface area contributed by atoms with Gasteiger partial charge in [-0.15, -0.1) is 10.2 Å². The Morgan fingerprint density at radius 1 is 1.10 bits per heavy atom. The summed E-state index contributed by atoms with van der Waals surface area (Å²) in [6.45, 7) is 6.64. The summed E-state index contributed by atoms with van der Waals surface area (Å²) in [4.78, 5) is 0. The Bertz CT molecular complexity index is 508. The smallest absolute Gasteiger partial charge is 0.247 e. The van der Waals surface area contributed by atoms with Crippen molar-refractivity contribution >= 4 is 0 Å². The van der Waals surface area contributed by atoms with E-state index in [2.05, 4.69) is 22.4 Å². The van der Waals surface area contributed by atoms with E-state index in [1.165, 1.54) is 0 Å². The molecular formula is C15H21N3O2. The molecule has 0 saturated heterocycles. The van der Waals surface area contributed by atoms with Gasteiger partial charge in [-0.25, -0.2) is 0 Å². The third kappa shape index (κ3) is 4.06. The zero-order valence-corrected chi connectivity index (χ0v) is 12.1. The lowest BCUT2D eigenvalue weighted by molar-refractivity contribution is 0.340. The average molecular weight is 275 g/mol. The predicted molar refractivity (Wildman–Crippen MR) is 77.8 cm³/mol. The molecule has 5 heteroatoms. The maximum Gasteiger partial charge on any atom is 0.247 e. The molecule has 0 spiro atoms. The Morgan fingerprint density at radius 2 is 1.90 bits per heavy atom. The summed E-state index contributed by atoms with van der Waals surface area (Å²) >= 11 is 0. The van der Waals surface area contributed by atoms with Crippen LogP contribution in [0, 0.1) is 0 Å². The highest BCUT2D eigenvalue weighted by molar-refractivity contribution is 5.53. The number of hydrogen-bond donors (Lipinski definition) is 1. The first-order valence-corrected chi connectivity index (χ1v) is 7.09. The van der Waals surface area contributed by atoms with Crippen LogP contribution in [0.15, 0.2) is 28.7 Å². The standard InChI is InChI=1S/C15H21N3O2/c1-3-10-16-11-9-14-17-18-15(20-14)12-5-7-13(8-6-12)19-4-2/h5-8,16H,3-4,9-11H2,1-2H3. The Hall–Kier alpha value is -1.88. The fourth-order valence-electron chi connectivity index (χ4n) is 1.83. The molecule has 2 rings (SSSR count). The van der Waals surface area contributed by atoms with Crippen molar-refractivity contribution in [3.8, 4) is 17.2 Å². The molecule has 5 nitrogen and oxygen atoms in total. The number of ether oxygens (including phenoxy) is 1. The van der Waals surface area contributed by atoms with Gasteiger partial charge in [0.1, 0.15) is 5.75 Å². The predicted octanol–water partition coefficient (Wildman–Crippen LogP) is 2.68. The quantitative estimate of drug-likeness (QED) is 0.750. The van der Waals surface area contributed by atoms with Gasteiger partial charge in [-0.1, -0.05) is 6.92 Å². The molecule has 20 heavy (non-hydrogen) atoms. The second-order valence-electron chi connectivity index (χ2n) is 4.46. The molecule has 0 aliphatic carbocycles. The highest BCUT2D eigenvalue weighted by Gasteiger charge is 2.08. The SMILES string of the molecule is CCCNCCc1nnc(-c2ccc(OCC)cc2)o1. The molecule has 0 unspecified atom stereocenters. The highest BCUT2D eigenvalue weighted by atomic mass is 16.5. The van der Waals surface area contributed by atoms with Crippen LogP contribution < -0.4 is 10.1 Å². The Kier molecular flexibility index (Phi) is 5.55. The van der Waals surface area contributed by atoms with E-state index in [-0.39, 0.29) is 0 Å². The topological polar surface area (TPSA) is 60.2 Å². The summed E-state index contributed by atoms with van der Waals surface area (Å²) in [5.41, 5.74) is 0.911. The molecule has 2 aromatic rings. The van der Waals surface area contributed by atoms with E-state index in [9.17, 15) is 0 Å². The van der Waals surface area contributed by atoms with E-state index in [0.29, 0.717) is 18.4 Å². The van der Waals surface area contributed by atoms with Crippen LogP contribution in [-0.2, 0) is 6.42 Å². The van der Waals surface area contributed by atoms with Crippen LogP contribution in [0.3, 0.4) is 0 Å². The van der Waals surface area contributed by atoms with E-state index in [1.807, 2.05) is 31.2 Å². The van der Waals surface area contributed by atoms with Crippen molar-refractivity contribution in [3.63, 3.8) is 0 Å². The lowest BCUT2D eigenvalue weighted by Gasteiger charge is -2.02. The molecule has 0 aliphatic heterocycles. The summed E-state index contributed by atoms with van der Waals surface area (Å²) in [5.74, 6) is 2.07. The van der Waals surface area contributed by atoms with Crippen LogP contribution >= 0.6 is 0 Å². The van der Waals surface area contributed by atoms with Crippen molar-refractivity contribution in [3.05, 3.63) is 30.2 Å². The van der Waals surface area contributed by atoms with Crippen molar-refractivity contribution in [2.24, 2.45) is 0 Å². The van der Waals surface area contributed by atoms with Gasteiger partial charge in [0.15, 0.2) is 0 Å². The number of hydrogen-bond acceptors (Lipinski definition) is 5. The number of rotatable bonds is 8. The largest absolute Gasteiger partial charge is 0.494 e. The van der Waals surface area contributed by atoms with E-state index >= 15 is 0 Å². The molecule has 1 N–H and O–H groups in total. The minimum Gasteiger partial charge on any atom is -0.494 e. The molecule has 1 heterocycles. The van der Waals surface area contributed by atoms with Gasteiger partial charge >= 0.3 is 0 Å². The normalized spacial score (nSPS) is 10.7. The van der Waals surface area contributed by atoms with Crippen LogP contribution in [0.25, 0.3) is 11.5 Å². The number of aromatic nitrogens is 2. The molecule has 1 aromatic carbocycles. The van der Waals surface area contributed by atoms with Gasteiger partial charge in [0.25, 0.3) is 0 Å². The van der Waals surface area contributed by atoms with E-state index < -0.39 is 0 Å². The van der Waals surface area contributed by atoms with Gasteiger partial charge < -0.3 is 14.5 Å². The van der Waals surface area contributed by atoms with Gasteiger partial charge in [0, 0.05) is 18.5 Å². The lowest BCUT2D eigenvalue weighted by Crippen LogP contribution is -2.17. The minimum absolute atomic E-state index is 0.554. The van der Waals surface area contributed by atoms with Gasteiger partial charge in [0.2, 0.25) is 11.8 Å². The van der Waals surface area contributed by atoms with Crippen LogP contribution in [0.4, 0.5) is 0 Å². The molecule has 1 aromatic heterocycles. The van der Waals surface area contributed by atoms with Crippen LogP contribution in [0.1, 0.15) is 26.2 Å². The molecule has 0 radical (unpaired) electrons. The maximum absolute atomic E-state index is 5.65. The number of benzene rings is 1. The second-order valence-corrected chi connectivity index (χ2v) is 4.46.